The topological polar surface area (TPSA) is 140 Å². The molecule has 0 spiro atoms. The third-order valence-corrected chi connectivity index (χ3v) is 6.59. The number of nitrogens with zero attached hydrogens (tertiary/aromatic N) is 6. The molecule has 1 saturated heterocycles. The van der Waals surface area contributed by atoms with Crippen LogP contribution in [0.4, 0.5) is 5.95 Å². The molecule has 4 heterocycles. The van der Waals surface area contributed by atoms with E-state index in [-0.39, 0.29) is 17.6 Å². The first-order chi connectivity index (χ1) is 15.6. The Hall–Kier alpha value is -3.21. The lowest BCUT2D eigenvalue weighted by molar-refractivity contribution is 0.271. The van der Waals surface area contributed by atoms with Gasteiger partial charge in [0, 0.05) is 23.7 Å². The van der Waals surface area contributed by atoms with Crippen LogP contribution in [0.2, 0.25) is 0 Å². The second-order valence-electron chi connectivity index (χ2n) is 9.37. The Morgan fingerprint density at radius 1 is 1.25 bits per heavy atom. The first-order valence-electron chi connectivity index (χ1n) is 11.4. The van der Waals surface area contributed by atoms with E-state index in [1.807, 2.05) is 0 Å². The van der Waals surface area contributed by atoms with E-state index in [1.165, 1.54) is 38.8 Å². The molecule has 4 N–H and O–H groups in total. The Morgan fingerprint density at radius 3 is 2.75 bits per heavy atom. The number of fused-ring (bicyclic) bond motifs is 1. The highest BCUT2D eigenvalue weighted by atomic mass is 16.3. The molecule has 3 aliphatic rings. The third kappa shape index (κ3) is 3.88. The summed E-state index contributed by atoms with van der Waals surface area (Å²) in [5.41, 5.74) is 1.21. The minimum Gasteiger partial charge on any atom is -0.493 e. The SMILES string of the molecule is O=c1[nH]c(O)c(/C=c2/cnn3c(=NC4CC4)nc(NCC4(CN5CCCC5)CC4)nc23)[nH]1. The van der Waals surface area contributed by atoms with Gasteiger partial charge in [-0.05, 0) is 57.7 Å². The average Bonchev–Trinajstić information content (AvgIpc) is 3.59. The van der Waals surface area contributed by atoms with Crippen molar-refractivity contribution in [3.05, 3.63) is 33.2 Å². The molecule has 11 nitrogen and oxygen atoms in total. The largest absolute Gasteiger partial charge is 0.493 e. The number of rotatable bonds is 7. The van der Waals surface area contributed by atoms with Crippen LogP contribution >= 0.6 is 0 Å². The fourth-order valence-corrected chi connectivity index (χ4v) is 4.41. The van der Waals surface area contributed by atoms with Gasteiger partial charge in [-0.25, -0.2) is 9.79 Å². The number of imidazole rings is 1. The van der Waals surface area contributed by atoms with Crippen LogP contribution in [-0.4, -0.2) is 71.8 Å². The zero-order valence-corrected chi connectivity index (χ0v) is 17.8. The molecule has 0 radical (unpaired) electrons. The smallest absolute Gasteiger partial charge is 0.326 e. The Balaban J connectivity index is 1.34. The molecule has 2 saturated carbocycles. The summed E-state index contributed by atoms with van der Waals surface area (Å²) in [4.78, 5) is 33.0. The third-order valence-electron chi connectivity index (χ3n) is 6.59. The molecule has 0 bridgehead atoms. The van der Waals surface area contributed by atoms with Crippen molar-refractivity contribution in [2.75, 3.05) is 31.5 Å². The maximum Gasteiger partial charge on any atom is 0.326 e. The van der Waals surface area contributed by atoms with E-state index < -0.39 is 5.69 Å². The summed E-state index contributed by atoms with van der Waals surface area (Å²) in [6.07, 6.45) is 10.5. The van der Waals surface area contributed by atoms with Gasteiger partial charge in [0.05, 0.1) is 12.2 Å². The van der Waals surface area contributed by atoms with E-state index in [0.29, 0.717) is 27.8 Å². The number of hydrogen-bond donors (Lipinski definition) is 4. The van der Waals surface area contributed by atoms with Gasteiger partial charge < -0.3 is 20.3 Å². The molecule has 168 valence electrons. The maximum atomic E-state index is 11.5. The number of aromatic hydroxyl groups is 1. The lowest BCUT2D eigenvalue weighted by Gasteiger charge is -2.23. The molecule has 1 aliphatic heterocycles. The molecular formula is C21H27N9O2. The Labute approximate surface area is 183 Å². The van der Waals surface area contributed by atoms with Crippen LogP contribution in [0.25, 0.3) is 11.7 Å². The minimum atomic E-state index is -0.473. The number of nitrogens with one attached hydrogen (secondary N) is 3. The molecule has 0 unspecified atom stereocenters. The van der Waals surface area contributed by atoms with E-state index >= 15 is 0 Å². The van der Waals surface area contributed by atoms with E-state index in [9.17, 15) is 9.90 Å². The minimum absolute atomic E-state index is 0.220. The van der Waals surface area contributed by atoms with Crippen LogP contribution in [0.5, 0.6) is 5.88 Å². The van der Waals surface area contributed by atoms with Gasteiger partial charge in [-0.1, -0.05) is 0 Å². The number of likely N-dealkylation sites (tertiary alicyclic amines) is 1. The predicted molar refractivity (Wildman–Crippen MR) is 117 cm³/mol. The molecule has 3 aromatic rings. The van der Waals surface area contributed by atoms with Crippen molar-refractivity contribution < 1.29 is 5.11 Å². The van der Waals surface area contributed by atoms with Crippen LogP contribution in [-0.2, 0) is 0 Å². The number of anilines is 1. The molecule has 3 aromatic heterocycles. The predicted octanol–water partition coefficient (Wildman–Crippen LogP) is -0.255. The van der Waals surface area contributed by atoms with Crippen LogP contribution < -0.4 is 21.8 Å². The molecular weight excluding hydrogens is 410 g/mol. The second kappa shape index (κ2) is 7.44. The van der Waals surface area contributed by atoms with Gasteiger partial charge in [-0.3, -0.25) is 4.98 Å². The van der Waals surface area contributed by atoms with Crippen molar-refractivity contribution in [3.63, 3.8) is 0 Å². The van der Waals surface area contributed by atoms with Crippen molar-refractivity contribution >= 4 is 17.7 Å². The van der Waals surface area contributed by atoms with Gasteiger partial charge in [0.2, 0.25) is 11.8 Å². The van der Waals surface area contributed by atoms with E-state index in [1.54, 1.807) is 16.8 Å². The highest BCUT2D eigenvalue weighted by Gasteiger charge is 2.44. The van der Waals surface area contributed by atoms with Gasteiger partial charge in [0.15, 0.2) is 5.65 Å². The maximum absolute atomic E-state index is 11.5. The molecule has 2 aliphatic carbocycles. The average molecular weight is 438 g/mol. The van der Waals surface area contributed by atoms with Crippen molar-refractivity contribution in [1.29, 1.82) is 0 Å². The molecule has 3 fully saturated rings. The molecule has 0 amide bonds. The summed E-state index contributed by atoms with van der Waals surface area (Å²) in [5.74, 6) is 0.314. The quantitative estimate of drug-likeness (QED) is 0.399. The standard InChI is InChI=1S/C21H27N9O2/c31-17-15(25-20(32)27-17)9-13-10-23-30-16(13)26-18(28-19(30)24-14-3-4-14)22-11-21(5-6-21)12-29-7-1-2-8-29/h9-10,14,31H,1-8,11-12H2,(H,22,24,28)(H2,25,27,32)/b13-9-. The molecule has 0 aromatic carbocycles. The fourth-order valence-electron chi connectivity index (χ4n) is 4.41. The lowest BCUT2D eigenvalue weighted by atomic mass is 10.1. The van der Waals surface area contributed by atoms with Gasteiger partial charge >= 0.3 is 5.69 Å². The van der Waals surface area contributed by atoms with Crippen LogP contribution in [0.15, 0.2) is 16.0 Å². The summed E-state index contributed by atoms with van der Waals surface area (Å²) in [6, 6.07) is 0.285. The zero-order valence-electron chi connectivity index (χ0n) is 17.8. The first-order valence-corrected chi connectivity index (χ1v) is 11.4. The monoisotopic (exact) mass is 437 g/mol. The Morgan fingerprint density at radius 2 is 2.06 bits per heavy atom. The van der Waals surface area contributed by atoms with Crippen LogP contribution in [0.3, 0.4) is 0 Å². The van der Waals surface area contributed by atoms with Crippen molar-refractivity contribution in [3.8, 4) is 5.88 Å². The van der Waals surface area contributed by atoms with Gasteiger partial charge in [0.25, 0.3) is 5.62 Å². The van der Waals surface area contributed by atoms with Crippen molar-refractivity contribution in [1.82, 2.24) is 34.4 Å². The summed E-state index contributed by atoms with van der Waals surface area (Å²) in [6.45, 7) is 4.38. The van der Waals surface area contributed by atoms with Crippen LogP contribution in [0.1, 0.15) is 44.2 Å². The molecule has 6 rings (SSSR count). The van der Waals surface area contributed by atoms with E-state index in [2.05, 4.69) is 30.3 Å². The van der Waals surface area contributed by atoms with E-state index in [4.69, 9.17) is 9.98 Å². The number of hydrogen-bond acceptors (Lipinski definition) is 8. The summed E-state index contributed by atoms with van der Waals surface area (Å²) in [7, 11) is 0. The number of aromatic amines is 2. The summed E-state index contributed by atoms with van der Waals surface area (Å²) < 4.78 is 1.62. The second-order valence-corrected chi connectivity index (χ2v) is 9.37. The van der Waals surface area contributed by atoms with E-state index in [0.717, 1.165) is 25.9 Å². The van der Waals surface area contributed by atoms with Crippen molar-refractivity contribution in [2.45, 2.75) is 44.6 Å². The summed E-state index contributed by atoms with van der Waals surface area (Å²) in [5, 5.41) is 18.5. The highest BCUT2D eigenvalue weighted by Crippen LogP contribution is 2.46. The lowest BCUT2D eigenvalue weighted by Crippen LogP contribution is -2.33. The zero-order chi connectivity index (χ0) is 21.7. The first kappa shape index (κ1) is 19.5. The summed E-state index contributed by atoms with van der Waals surface area (Å²) >= 11 is 0. The fraction of sp³-hybridized carbons (Fsp3) is 0.571. The molecule has 11 heteroatoms. The van der Waals surface area contributed by atoms with Gasteiger partial charge in [0.1, 0.15) is 5.69 Å². The number of H-pyrrole nitrogens is 2. The Bertz CT molecular complexity index is 1320. The number of aromatic nitrogens is 6. The molecule has 0 atom stereocenters. The highest BCUT2D eigenvalue weighted by molar-refractivity contribution is 5.57. The molecule has 32 heavy (non-hydrogen) atoms. The van der Waals surface area contributed by atoms with Crippen LogP contribution in [0, 0.1) is 5.41 Å². The van der Waals surface area contributed by atoms with Crippen molar-refractivity contribution in [2.24, 2.45) is 10.4 Å². The van der Waals surface area contributed by atoms with Gasteiger partial charge in [-0.15, -0.1) is 0 Å². The van der Waals surface area contributed by atoms with Gasteiger partial charge in [-0.2, -0.15) is 19.6 Å². The normalized spacial score (nSPS) is 21.6. The Kier molecular flexibility index (Phi) is 4.53.